The number of hydrogen-bond donors (Lipinski definition) is 2. The van der Waals surface area contributed by atoms with E-state index in [4.69, 9.17) is 10.3 Å². The average molecular weight is 257 g/mol. The van der Waals surface area contributed by atoms with Gasteiger partial charge in [0.1, 0.15) is 11.3 Å². The molecule has 5 heteroatoms. The number of carbonyl (C=O) groups excluding carboxylic acids is 1. The van der Waals surface area contributed by atoms with Crippen LogP contribution in [-0.4, -0.2) is 11.1 Å². The van der Waals surface area contributed by atoms with Gasteiger partial charge in [-0.05, 0) is 43.0 Å². The van der Waals surface area contributed by atoms with E-state index < -0.39 is 0 Å². The summed E-state index contributed by atoms with van der Waals surface area (Å²) in [4.78, 5) is 12.1. The summed E-state index contributed by atoms with van der Waals surface area (Å²) in [7, 11) is 0. The molecule has 0 saturated heterocycles. The summed E-state index contributed by atoms with van der Waals surface area (Å²) >= 11 is 0. The van der Waals surface area contributed by atoms with E-state index in [1.54, 1.807) is 6.92 Å². The minimum absolute atomic E-state index is 0.0393. The number of fused-ring (bicyclic) bond motifs is 1. The molecule has 5 nitrogen and oxygen atoms in total. The van der Waals surface area contributed by atoms with Gasteiger partial charge in [0.05, 0.1) is 12.2 Å². The molecule has 3 rings (SSSR count). The fourth-order valence-electron chi connectivity index (χ4n) is 2.54. The Morgan fingerprint density at radius 2 is 2.37 bits per heavy atom. The lowest BCUT2D eigenvalue weighted by Crippen LogP contribution is -2.27. The molecule has 0 fully saturated rings. The van der Waals surface area contributed by atoms with Crippen LogP contribution in [0.15, 0.2) is 28.9 Å². The van der Waals surface area contributed by atoms with Crippen LogP contribution in [0.3, 0.4) is 0 Å². The van der Waals surface area contributed by atoms with Gasteiger partial charge in [0, 0.05) is 5.69 Å². The van der Waals surface area contributed by atoms with E-state index in [0.717, 1.165) is 24.1 Å². The van der Waals surface area contributed by atoms with Crippen LogP contribution in [0.1, 0.15) is 39.7 Å². The number of aryl methyl sites for hydroxylation is 2. The normalized spacial score (nSPS) is 17.2. The van der Waals surface area contributed by atoms with Crippen LogP contribution in [0.5, 0.6) is 0 Å². The minimum atomic E-state index is -0.145. The van der Waals surface area contributed by atoms with Crippen molar-refractivity contribution in [1.82, 2.24) is 10.5 Å². The van der Waals surface area contributed by atoms with Gasteiger partial charge >= 0.3 is 0 Å². The van der Waals surface area contributed by atoms with Gasteiger partial charge < -0.3 is 15.6 Å². The number of nitrogens with one attached hydrogen (secondary N) is 1. The highest BCUT2D eigenvalue weighted by Crippen LogP contribution is 2.32. The Kier molecular flexibility index (Phi) is 2.74. The first kappa shape index (κ1) is 11.8. The van der Waals surface area contributed by atoms with Crippen molar-refractivity contribution in [3.63, 3.8) is 0 Å². The Morgan fingerprint density at radius 3 is 3.11 bits per heavy atom. The lowest BCUT2D eigenvalue weighted by atomic mass is 10.1. The van der Waals surface area contributed by atoms with Crippen molar-refractivity contribution in [2.45, 2.75) is 25.8 Å². The first-order valence-electron chi connectivity index (χ1n) is 6.25. The number of amides is 1. The molecule has 1 amide bonds. The summed E-state index contributed by atoms with van der Waals surface area (Å²) in [6.07, 6.45) is 3.28. The fraction of sp³-hybridized carbons (Fsp3) is 0.286. The number of carbonyl (C=O) groups is 1. The molecule has 19 heavy (non-hydrogen) atoms. The maximum Gasteiger partial charge on any atom is 0.256 e. The summed E-state index contributed by atoms with van der Waals surface area (Å²) in [5, 5.41) is 6.64. The molecule has 2 aromatic rings. The summed E-state index contributed by atoms with van der Waals surface area (Å²) in [5.74, 6) is 0.390. The Hall–Kier alpha value is -2.30. The lowest BCUT2D eigenvalue weighted by Gasteiger charge is -2.13. The fourth-order valence-corrected chi connectivity index (χ4v) is 2.54. The second kappa shape index (κ2) is 4.42. The van der Waals surface area contributed by atoms with Crippen molar-refractivity contribution in [3.05, 3.63) is 46.8 Å². The SMILES string of the molecule is Cc1oncc1C(=O)NC1CCc2cc(N)ccc21. The van der Waals surface area contributed by atoms with Gasteiger partial charge in [0.25, 0.3) is 5.91 Å². The number of nitrogens with zero attached hydrogens (tertiary/aromatic N) is 1. The average Bonchev–Trinajstić information content (AvgIpc) is 2.96. The molecule has 3 N–H and O–H groups in total. The maximum absolute atomic E-state index is 12.1. The van der Waals surface area contributed by atoms with E-state index >= 15 is 0 Å². The molecule has 0 aliphatic heterocycles. The predicted octanol–water partition coefficient (Wildman–Crippen LogP) is 1.98. The lowest BCUT2D eigenvalue weighted by molar-refractivity contribution is 0.0935. The number of aromatic nitrogens is 1. The molecule has 1 unspecified atom stereocenters. The summed E-state index contributed by atoms with van der Waals surface area (Å²) < 4.78 is 4.91. The summed E-state index contributed by atoms with van der Waals surface area (Å²) in [6, 6.07) is 5.88. The third-order valence-electron chi connectivity index (χ3n) is 3.55. The molecule has 1 heterocycles. The Balaban J connectivity index is 1.80. The van der Waals surface area contributed by atoms with Crippen molar-refractivity contribution < 1.29 is 9.32 Å². The van der Waals surface area contributed by atoms with Crippen LogP contribution in [0, 0.1) is 6.92 Å². The van der Waals surface area contributed by atoms with Gasteiger partial charge in [0.15, 0.2) is 0 Å². The Bertz CT molecular complexity index is 633. The van der Waals surface area contributed by atoms with Crippen molar-refractivity contribution in [2.75, 3.05) is 5.73 Å². The summed E-state index contributed by atoms with van der Waals surface area (Å²) in [5.41, 5.74) is 9.39. The first-order valence-corrected chi connectivity index (χ1v) is 6.25. The number of rotatable bonds is 2. The largest absolute Gasteiger partial charge is 0.399 e. The van der Waals surface area contributed by atoms with Crippen LogP contribution in [0.2, 0.25) is 0 Å². The van der Waals surface area contributed by atoms with Crippen LogP contribution >= 0.6 is 0 Å². The van der Waals surface area contributed by atoms with Crippen LogP contribution in [0.4, 0.5) is 5.69 Å². The maximum atomic E-state index is 12.1. The zero-order valence-corrected chi connectivity index (χ0v) is 10.6. The van der Waals surface area contributed by atoms with Crippen molar-refractivity contribution in [1.29, 1.82) is 0 Å². The minimum Gasteiger partial charge on any atom is -0.399 e. The van der Waals surface area contributed by atoms with Crippen molar-refractivity contribution in [3.8, 4) is 0 Å². The molecule has 1 aromatic heterocycles. The van der Waals surface area contributed by atoms with Gasteiger partial charge in [-0.3, -0.25) is 4.79 Å². The second-order valence-corrected chi connectivity index (χ2v) is 4.82. The highest BCUT2D eigenvalue weighted by Gasteiger charge is 2.25. The topological polar surface area (TPSA) is 81.2 Å². The molecular weight excluding hydrogens is 242 g/mol. The van der Waals surface area contributed by atoms with E-state index in [2.05, 4.69) is 10.5 Å². The molecular formula is C14H15N3O2. The molecule has 1 aromatic carbocycles. The number of hydrogen-bond acceptors (Lipinski definition) is 4. The third kappa shape index (κ3) is 2.07. The Morgan fingerprint density at radius 1 is 1.53 bits per heavy atom. The van der Waals surface area contributed by atoms with Gasteiger partial charge in [-0.1, -0.05) is 11.2 Å². The monoisotopic (exact) mass is 257 g/mol. The number of nitrogen functional groups attached to an aromatic ring is 1. The highest BCUT2D eigenvalue weighted by molar-refractivity contribution is 5.95. The highest BCUT2D eigenvalue weighted by atomic mass is 16.5. The molecule has 0 radical (unpaired) electrons. The molecule has 1 aliphatic carbocycles. The predicted molar refractivity (Wildman–Crippen MR) is 70.6 cm³/mol. The second-order valence-electron chi connectivity index (χ2n) is 4.82. The van der Waals surface area contributed by atoms with E-state index in [1.807, 2.05) is 18.2 Å². The zero-order chi connectivity index (χ0) is 13.4. The van der Waals surface area contributed by atoms with E-state index in [-0.39, 0.29) is 11.9 Å². The first-order chi connectivity index (χ1) is 9.15. The van der Waals surface area contributed by atoms with Gasteiger partial charge in [0.2, 0.25) is 0 Å². The van der Waals surface area contributed by atoms with Crippen LogP contribution in [0.25, 0.3) is 0 Å². The molecule has 0 spiro atoms. The standard InChI is InChI=1S/C14H15N3O2/c1-8-12(7-16-19-8)14(18)17-13-5-2-9-6-10(15)3-4-11(9)13/h3-4,6-7,13H,2,5,15H2,1H3,(H,17,18). The number of anilines is 1. The van der Waals surface area contributed by atoms with E-state index in [0.29, 0.717) is 11.3 Å². The number of nitrogens with two attached hydrogens (primary N) is 1. The quantitative estimate of drug-likeness (QED) is 0.806. The van der Waals surface area contributed by atoms with Gasteiger partial charge in [-0.15, -0.1) is 0 Å². The van der Waals surface area contributed by atoms with Crippen LogP contribution < -0.4 is 11.1 Å². The smallest absolute Gasteiger partial charge is 0.256 e. The van der Waals surface area contributed by atoms with Crippen molar-refractivity contribution >= 4 is 11.6 Å². The van der Waals surface area contributed by atoms with E-state index in [9.17, 15) is 4.79 Å². The van der Waals surface area contributed by atoms with Crippen LogP contribution in [-0.2, 0) is 6.42 Å². The molecule has 1 aliphatic rings. The van der Waals surface area contributed by atoms with Gasteiger partial charge in [-0.2, -0.15) is 0 Å². The molecule has 0 bridgehead atoms. The van der Waals surface area contributed by atoms with Gasteiger partial charge in [-0.25, -0.2) is 0 Å². The number of benzene rings is 1. The molecule has 0 saturated carbocycles. The van der Waals surface area contributed by atoms with E-state index in [1.165, 1.54) is 11.8 Å². The third-order valence-corrected chi connectivity index (χ3v) is 3.55. The molecule has 98 valence electrons. The Labute approximate surface area is 110 Å². The zero-order valence-electron chi connectivity index (χ0n) is 10.6. The van der Waals surface area contributed by atoms with Crippen molar-refractivity contribution in [2.24, 2.45) is 0 Å². The molecule has 1 atom stereocenters. The summed E-state index contributed by atoms with van der Waals surface area (Å²) in [6.45, 7) is 1.73.